The number of thiazole rings is 1. The Bertz CT molecular complexity index is 733. The molecule has 2 N–H and O–H groups in total. The molecule has 6 nitrogen and oxygen atoms in total. The van der Waals surface area contributed by atoms with Gasteiger partial charge in [-0.15, -0.1) is 11.3 Å². The van der Waals surface area contributed by atoms with Gasteiger partial charge in [0.1, 0.15) is 10.6 Å². The van der Waals surface area contributed by atoms with E-state index in [1.807, 2.05) is 32.9 Å². The van der Waals surface area contributed by atoms with E-state index in [2.05, 4.69) is 10.3 Å². The fourth-order valence-corrected chi connectivity index (χ4v) is 3.34. The summed E-state index contributed by atoms with van der Waals surface area (Å²) in [6.45, 7) is 7.64. The van der Waals surface area contributed by atoms with Crippen molar-refractivity contribution in [1.29, 1.82) is 0 Å². The summed E-state index contributed by atoms with van der Waals surface area (Å²) in [6, 6.07) is 3.66. The second kappa shape index (κ2) is 7.61. The molecule has 24 heavy (non-hydrogen) atoms. The van der Waals surface area contributed by atoms with Crippen molar-refractivity contribution < 1.29 is 19.1 Å². The van der Waals surface area contributed by atoms with Crippen LogP contribution in [-0.2, 0) is 4.79 Å². The number of hydrogen-bond donors (Lipinski definition) is 2. The van der Waals surface area contributed by atoms with E-state index in [0.29, 0.717) is 27.8 Å². The van der Waals surface area contributed by atoms with Gasteiger partial charge in [-0.3, -0.25) is 9.59 Å². The molecule has 0 aliphatic heterocycles. The number of aliphatic carboxylic acids is 1. The molecular weight excluding hydrogens is 328 g/mol. The molecule has 1 unspecified atom stereocenters. The van der Waals surface area contributed by atoms with E-state index >= 15 is 0 Å². The molecule has 0 aromatic carbocycles. The minimum absolute atomic E-state index is 0.110. The summed E-state index contributed by atoms with van der Waals surface area (Å²) in [6.07, 6.45) is 0.522. The van der Waals surface area contributed by atoms with Gasteiger partial charge in [-0.1, -0.05) is 13.8 Å². The van der Waals surface area contributed by atoms with Gasteiger partial charge in [-0.05, 0) is 38.3 Å². The molecule has 1 atom stereocenters. The number of carbonyl (C=O) groups excluding carboxylic acids is 1. The van der Waals surface area contributed by atoms with Gasteiger partial charge in [0.05, 0.1) is 11.6 Å². The van der Waals surface area contributed by atoms with Crippen LogP contribution in [0.25, 0.3) is 10.8 Å². The van der Waals surface area contributed by atoms with E-state index in [1.165, 1.54) is 11.3 Å². The molecule has 0 fully saturated rings. The van der Waals surface area contributed by atoms with E-state index in [0.717, 1.165) is 5.76 Å². The monoisotopic (exact) mass is 350 g/mol. The first-order valence-corrected chi connectivity index (χ1v) is 8.64. The zero-order valence-corrected chi connectivity index (χ0v) is 15.1. The topological polar surface area (TPSA) is 92.4 Å². The average Bonchev–Trinajstić information content (AvgIpc) is 3.08. The molecule has 0 aliphatic carbocycles. The summed E-state index contributed by atoms with van der Waals surface area (Å²) >= 11 is 1.24. The third-order valence-corrected chi connectivity index (χ3v) is 4.74. The minimum Gasteiger partial charge on any atom is -0.481 e. The van der Waals surface area contributed by atoms with Gasteiger partial charge in [0.25, 0.3) is 5.91 Å². The Balaban J connectivity index is 2.07. The second-order valence-electron chi connectivity index (χ2n) is 6.22. The van der Waals surface area contributed by atoms with Gasteiger partial charge < -0.3 is 14.8 Å². The highest BCUT2D eigenvalue weighted by Crippen LogP contribution is 2.29. The van der Waals surface area contributed by atoms with Crippen LogP contribution < -0.4 is 5.32 Å². The van der Waals surface area contributed by atoms with E-state index < -0.39 is 11.9 Å². The molecule has 130 valence electrons. The van der Waals surface area contributed by atoms with Crippen molar-refractivity contribution >= 4 is 23.2 Å². The third-order valence-electron chi connectivity index (χ3n) is 3.57. The first-order valence-electron chi connectivity index (χ1n) is 7.83. The highest BCUT2D eigenvalue weighted by Gasteiger charge is 2.22. The number of carboxylic acid groups (broad SMARTS) is 1. The first kappa shape index (κ1) is 18.2. The van der Waals surface area contributed by atoms with E-state index in [9.17, 15) is 14.7 Å². The largest absolute Gasteiger partial charge is 0.481 e. The normalized spacial score (nSPS) is 12.4. The lowest BCUT2D eigenvalue weighted by atomic mass is 9.97. The van der Waals surface area contributed by atoms with Crippen LogP contribution >= 0.6 is 11.3 Å². The summed E-state index contributed by atoms with van der Waals surface area (Å²) < 4.78 is 5.53. The van der Waals surface area contributed by atoms with Gasteiger partial charge in [0.15, 0.2) is 10.8 Å². The van der Waals surface area contributed by atoms with E-state index in [4.69, 9.17) is 4.42 Å². The molecule has 0 radical (unpaired) electrons. The van der Waals surface area contributed by atoms with Crippen LogP contribution in [0.1, 0.15) is 41.4 Å². The molecule has 0 bridgehead atoms. The Kier molecular flexibility index (Phi) is 5.77. The highest BCUT2D eigenvalue weighted by molar-refractivity contribution is 7.17. The number of nitrogens with one attached hydrogen (secondary N) is 1. The molecule has 2 aromatic heterocycles. The third kappa shape index (κ3) is 4.44. The summed E-state index contributed by atoms with van der Waals surface area (Å²) in [4.78, 5) is 28.5. The standard InChI is InChI=1S/C17H22N2O4S/c1-9(2)7-12(17(21)22)8-18-15(20)14-11(4)19-16(24-14)13-6-5-10(3)23-13/h5-6,9,12H,7-8H2,1-4H3,(H,18,20)(H,21,22). The van der Waals surface area contributed by atoms with Crippen molar-refractivity contribution in [3.05, 3.63) is 28.5 Å². The molecule has 1 amide bonds. The molecule has 2 rings (SSSR count). The summed E-state index contributed by atoms with van der Waals surface area (Å²) in [5.74, 6) is -0.118. The van der Waals surface area contributed by atoms with Gasteiger partial charge in [0.2, 0.25) is 0 Å². The maximum absolute atomic E-state index is 12.4. The fourth-order valence-electron chi connectivity index (χ4n) is 2.40. The van der Waals surface area contributed by atoms with E-state index in [-0.39, 0.29) is 18.4 Å². The van der Waals surface area contributed by atoms with Gasteiger partial charge in [-0.25, -0.2) is 4.98 Å². The van der Waals surface area contributed by atoms with Crippen molar-refractivity contribution in [3.8, 4) is 10.8 Å². The number of nitrogens with zero attached hydrogens (tertiary/aromatic N) is 1. The van der Waals surface area contributed by atoms with Crippen molar-refractivity contribution in [2.24, 2.45) is 11.8 Å². The summed E-state index contributed by atoms with van der Waals surface area (Å²) in [5, 5.41) is 12.6. The number of rotatable bonds is 7. The first-order chi connectivity index (χ1) is 11.3. The molecule has 0 spiro atoms. The molecule has 0 saturated carbocycles. The Labute approximate surface area is 144 Å². The SMILES string of the molecule is Cc1ccc(-c2nc(C)c(C(=O)NCC(CC(C)C)C(=O)O)s2)o1. The van der Waals surface area contributed by atoms with Crippen molar-refractivity contribution in [1.82, 2.24) is 10.3 Å². The Morgan fingerprint density at radius 2 is 2.04 bits per heavy atom. The maximum atomic E-state index is 12.4. The van der Waals surface area contributed by atoms with Crippen molar-refractivity contribution in [2.45, 2.75) is 34.1 Å². The molecule has 7 heteroatoms. The quantitative estimate of drug-likeness (QED) is 0.797. The smallest absolute Gasteiger partial charge is 0.308 e. The van der Waals surface area contributed by atoms with Gasteiger partial charge >= 0.3 is 5.97 Å². The van der Waals surface area contributed by atoms with Crippen LogP contribution in [0.2, 0.25) is 0 Å². The second-order valence-corrected chi connectivity index (χ2v) is 7.22. The number of amides is 1. The minimum atomic E-state index is -0.892. The number of aryl methyl sites for hydroxylation is 2. The molecule has 0 saturated heterocycles. The highest BCUT2D eigenvalue weighted by atomic mass is 32.1. The van der Waals surface area contributed by atoms with Crippen LogP contribution in [0, 0.1) is 25.7 Å². The molecule has 2 aromatic rings. The number of carbonyl (C=O) groups is 2. The van der Waals surface area contributed by atoms with E-state index in [1.54, 1.807) is 6.92 Å². The Morgan fingerprint density at radius 3 is 2.58 bits per heavy atom. The molecule has 0 aliphatic rings. The van der Waals surface area contributed by atoms with Crippen LogP contribution in [0.15, 0.2) is 16.5 Å². The zero-order valence-electron chi connectivity index (χ0n) is 14.3. The Morgan fingerprint density at radius 1 is 1.33 bits per heavy atom. The van der Waals surface area contributed by atoms with Crippen molar-refractivity contribution in [2.75, 3.05) is 6.54 Å². The molecule has 2 heterocycles. The van der Waals surface area contributed by atoms with Crippen LogP contribution in [0.4, 0.5) is 0 Å². The van der Waals surface area contributed by atoms with Crippen LogP contribution in [-0.4, -0.2) is 28.5 Å². The van der Waals surface area contributed by atoms with Crippen molar-refractivity contribution in [3.63, 3.8) is 0 Å². The number of carboxylic acids is 1. The van der Waals surface area contributed by atoms with Gasteiger partial charge in [-0.2, -0.15) is 0 Å². The average molecular weight is 350 g/mol. The number of hydrogen-bond acceptors (Lipinski definition) is 5. The lowest BCUT2D eigenvalue weighted by Crippen LogP contribution is -2.33. The predicted molar refractivity (Wildman–Crippen MR) is 92.2 cm³/mol. The summed E-state index contributed by atoms with van der Waals surface area (Å²) in [5.41, 5.74) is 0.609. The van der Waals surface area contributed by atoms with Crippen LogP contribution in [0.5, 0.6) is 0 Å². The fraction of sp³-hybridized carbons (Fsp3) is 0.471. The number of aromatic nitrogens is 1. The molecular formula is C17H22N2O4S. The number of furan rings is 1. The summed E-state index contributed by atoms with van der Waals surface area (Å²) in [7, 11) is 0. The maximum Gasteiger partial charge on any atom is 0.308 e. The van der Waals surface area contributed by atoms with Crippen LogP contribution in [0.3, 0.4) is 0 Å². The lowest BCUT2D eigenvalue weighted by Gasteiger charge is -2.15. The Hall–Kier alpha value is -2.15. The predicted octanol–water partition coefficient (Wildman–Crippen LogP) is 3.50. The van der Waals surface area contributed by atoms with Gasteiger partial charge in [0, 0.05) is 6.54 Å². The zero-order chi connectivity index (χ0) is 17.9. The lowest BCUT2D eigenvalue weighted by molar-refractivity contribution is -0.142.